The molecule has 2 fully saturated rings. The molecule has 3 rings (SSSR count). The smallest absolute Gasteiger partial charge is 0.243 e. The lowest BCUT2D eigenvalue weighted by molar-refractivity contribution is -0.137. The van der Waals surface area contributed by atoms with E-state index in [2.05, 4.69) is 36.3 Å². The van der Waals surface area contributed by atoms with Crippen LogP contribution >= 0.6 is 11.8 Å². The highest BCUT2D eigenvalue weighted by Gasteiger charge is 2.52. The van der Waals surface area contributed by atoms with Gasteiger partial charge in [-0.3, -0.25) is 9.59 Å². The number of rotatable bonds is 6. The zero-order chi connectivity index (χ0) is 17.2. The standard InChI is InChI=1S/C18H25N3O2S/c1-18-10-9-16(22)21(18)15(13-24-18)17(23)19-11-6-12-20(2)14-7-4-3-5-8-14/h3-5,7-8,15H,6,9-13H2,1-2H3,(H,19,23)/t15-,18+/m1/s1. The van der Waals surface area contributed by atoms with Gasteiger partial charge in [0.1, 0.15) is 6.04 Å². The van der Waals surface area contributed by atoms with Crippen LogP contribution in [0.3, 0.4) is 0 Å². The van der Waals surface area contributed by atoms with E-state index in [9.17, 15) is 9.59 Å². The zero-order valence-electron chi connectivity index (χ0n) is 14.3. The van der Waals surface area contributed by atoms with E-state index in [0.29, 0.717) is 18.7 Å². The molecule has 1 aromatic rings. The minimum absolute atomic E-state index is 0.0103. The van der Waals surface area contributed by atoms with Crippen LogP contribution in [0.25, 0.3) is 0 Å². The van der Waals surface area contributed by atoms with Crippen LogP contribution in [0.15, 0.2) is 30.3 Å². The predicted octanol–water partition coefficient (Wildman–Crippen LogP) is 2.08. The summed E-state index contributed by atoms with van der Waals surface area (Å²) in [7, 11) is 2.05. The number of anilines is 1. The van der Waals surface area contributed by atoms with E-state index in [1.807, 2.05) is 23.1 Å². The lowest BCUT2D eigenvalue weighted by Crippen LogP contribution is -2.50. The van der Waals surface area contributed by atoms with E-state index in [4.69, 9.17) is 0 Å². The van der Waals surface area contributed by atoms with Crippen molar-refractivity contribution in [2.45, 2.75) is 37.1 Å². The summed E-state index contributed by atoms with van der Waals surface area (Å²) in [6.45, 7) is 3.59. The van der Waals surface area contributed by atoms with Gasteiger partial charge in [-0.2, -0.15) is 0 Å². The summed E-state index contributed by atoms with van der Waals surface area (Å²) < 4.78 is 0. The maximum Gasteiger partial charge on any atom is 0.243 e. The molecule has 0 aliphatic carbocycles. The van der Waals surface area contributed by atoms with E-state index >= 15 is 0 Å². The van der Waals surface area contributed by atoms with Crippen LogP contribution in [0.5, 0.6) is 0 Å². The van der Waals surface area contributed by atoms with Crippen LogP contribution < -0.4 is 10.2 Å². The Morgan fingerprint density at radius 3 is 2.92 bits per heavy atom. The van der Waals surface area contributed by atoms with Crippen molar-refractivity contribution >= 4 is 29.3 Å². The molecule has 0 aromatic heterocycles. The first-order chi connectivity index (χ1) is 11.5. The largest absolute Gasteiger partial charge is 0.375 e. The molecule has 2 aliphatic rings. The van der Waals surface area contributed by atoms with E-state index in [-0.39, 0.29) is 22.7 Å². The van der Waals surface area contributed by atoms with Crippen LogP contribution in [-0.2, 0) is 9.59 Å². The van der Waals surface area contributed by atoms with Crippen molar-refractivity contribution in [1.29, 1.82) is 0 Å². The molecule has 5 nitrogen and oxygen atoms in total. The number of nitrogens with zero attached hydrogens (tertiary/aromatic N) is 2. The molecule has 6 heteroatoms. The van der Waals surface area contributed by atoms with Gasteiger partial charge in [-0.05, 0) is 31.9 Å². The first-order valence-electron chi connectivity index (χ1n) is 8.51. The molecule has 2 amide bonds. The maximum atomic E-state index is 12.5. The highest BCUT2D eigenvalue weighted by atomic mass is 32.2. The zero-order valence-corrected chi connectivity index (χ0v) is 15.1. The third kappa shape index (κ3) is 3.38. The van der Waals surface area contributed by atoms with Crippen LogP contribution in [0.4, 0.5) is 5.69 Å². The first-order valence-corrected chi connectivity index (χ1v) is 9.50. The Labute approximate surface area is 147 Å². The van der Waals surface area contributed by atoms with Crippen molar-refractivity contribution in [3.63, 3.8) is 0 Å². The molecule has 0 unspecified atom stereocenters. The molecule has 0 spiro atoms. The number of fused-ring (bicyclic) bond motifs is 1. The number of benzene rings is 1. The molecule has 2 atom stereocenters. The maximum absolute atomic E-state index is 12.5. The molecule has 2 saturated heterocycles. The van der Waals surface area contributed by atoms with Gasteiger partial charge in [0.15, 0.2) is 0 Å². The number of amides is 2. The normalized spacial score (nSPS) is 25.7. The number of hydrogen-bond donors (Lipinski definition) is 1. The second kappa shape index (κ2) is 7.05. The fourth-order valence-corrected chi connectivity index (χ4v) is 4.90. The van der Waals surface area contributed by atoms with Gasteiger partial charge < -0.3 is 15.1 Å². The van der Waals surface area contributed by atoms with Crippen LogP contribution in [-0.4, -0.2) is 53.5 Å². The Morgan fingerprint density at radius 1 is 1.42 bits per heavy atom. The van der Waals surface area contributed by atoms with Gasteiger partial charge in [0.25, 0.3) is 0 Å². The first kappa shape index (κ1) is 17.1. The van der Waals surface area contributed by atoms with Crippen molar-refractivity contribution in [3.05, 3.63) is 30.3 Å². The fraction of sp³-hybridized carbons (Fsp3) is 0.556. The number of hydrogen-bond acceptors (Lipinski definition) is 4. The van der Waals surface area contributed by atoms with Gasteiger partial charge in [0.2, 0.25) is 11.8 Å². The third-order valence-corrected chi connectivity index (χ3v) is 6.42. The van der Waals surface area contributed by atoms with Crippen molar-refractivity contribution in [2.24, 2.45) is 0 Å². The molecule has 130 valence electrons. The molecule has 2 aliphatic heterocycles. The summed E-state index contributed by atoms with van der Waals surface area (Å²) in [5.41, 5.74) is 1.18. The minimum atomic E-state index is -0.304. The van der Waals surface area contributed by atoms with E-state index < -0.39 is 0 Å². The molecule has 1 aromatic carbocycles. The van der Waals surface area contributed by atoms with Crippen molar-refractivity contribution in [2.75, 3.05) is 30.8 Å². The molecule has 0 bridgehead atoms. The van der Waals surface area contributed by atoms with E-state index in [1.54, 1.807) is 11.8 Å². The number of thioether (sulfide) groups is 1. The second-order valence-corrected chi connectivity index (χ2v) is 8.17. The SMILES string of the molecule is CN(CCCNC(=O)[C@H]1CS[C@@]2(C)CCC(=O)N12)c1ccccc1. The van der Waals surface area contributed by atoms with Gasteiger partial charge >= 0.3 is 0 Å². The Bertz CT molecular complexity index is 610. The number of carbonyl (C=O) groups is 2. The Balaban J connectivity index is 1.44. The van der Waals surface area contributed by atoms with E-state index in [1.165, 1.54) is 5.69 Å². The summed E-state index contributed by atoms with van der Waals surface area (Å²) in [5.74, 6) is 0.813. The van der Waals surface area contributed by atoms with Gasteiger partial charge in [-0.1, -0.05) is 18.2 Å². The third-order valence-electron chi connectivity index (χ3n) is 4.91. The Hall–Kier alpha value is -1.69. The highest BCUT2D eigenvalue weighted by Crippen LogP contribution is 2.47. The monoisotopic (exact) mass is 347 g/mol. The minimum Gasteiger partial charge on any atom is -0.375 e. The lowest BCUT2D eigenvalue weighted by Gasteiger charge is -2.29. The molecular formula is C18H25N3O2S. The van der Waals surface area contributed by atoms with Crippen molar-refractivity contribution < 1.29 is 9.59 Å². The van der Waals surface area contributed by atoms with E-state index in [0.717, 1.165) is 19.4 Å². The number of nitrogens with one attached hydrogen (secondary N) is 1. The fourth-order valence-electron chi connectivity index (χ4n) is 3.47. The molecule has 0 radical (unpaired) electrons. The Kier molecular flexibility index (Phi) is 5.04. The second-order valence-electron chi connectivity index (χ2n) is 6.67. The van der Waals surface area contributed by atoms with Gasteiger partial charge in [-0.15, -0.1) is 11.8 Å². The van der Waals surface area contributed by atoms with Gasteiger partial charge in [0.05, 0.1) is 4.87 Å². The van der Waals surface area contributed by atoms with Gasteiger partial charge in [-0.25, -0.2) is 0 Å². The summed E-state index contributed by atoms with van der Waals surface area (Å²) in [6.07, 6.45) is 2.29. The van der Waals surface area contributed by atoms with Crippen molar-refractivity contribution in [1.82, 2.24) is 10.2 Å². The molecule has 0 saturated carbocycles. The van der Waals surface area contributed by atoms with Crippen LogP contribution in [0.2, 0.25) is 0 Å². The molecule has 1 N–H and O–H groups in total. The van der Waals surface area contributed by atoms with Crippen LogP contribution in [0, 0.1) is 0 Å². The highest BCUT2D eigenvalue weighted by molar-refractivity contribution is 8.01. The average molecular weight is 347 g/mol. The summed E-state index contributed by atoms with van der Waals surface area (Å²) in [4.78, 5) is 28.4. The molecular weight excluding hydrogens is 322 g/mol. The summed E-state index contributed by atoms with van der Waals surface area (Å²) in [6, 6.07) is 9.90. The average Bonchev–Trinajstić information content (AvgIpc) is 3.08. The summed E-state index contributed by atoms with van der Waals surface area (Å²) >= 11 is 1.73. The predicted molar refractivity (Wildman–Crippen MR) is 98.1 cm³/mol. The quantitative estimate of drug-likeness (QED) is 0.801. The van der Waals surface area contributed by atoms with Gasteiger partial charge in [0, 0.05) is 38.0 Å². The number of carbonyl (C=O) groups excluding carboxylic acids is 2. The Morgan fingerprint density at radius 2 is 2.17 bits per heavy atom. The molecule has 2 heterocycles. The number of para-hydroxylation sites is 1. The molecule has 24 heavy (non-hydrogen) atoms. The topological polar surface area (TPSA) is 52.7 Å². The van der Waals surface area contributed by atoms with Crippen LogP contribution in [0.1, 0.15) is 26.2 Å². The summed E-state index contributed by atoms with van der Waals surface area (Å²) in [5, 5.41) is 3.01. The lowest BCUT2D eigenvalue weighted by atomic mass is 10.2. The van der Waals surface area contributed by atoms with Crippen molar-refractivity contribution in [3.8, 4) is 0 Å².